The first-order valence-corrected chi connectivity index (χ1v) is 8.48. The van der Waals surface area contributed by atoms with Gasteiger partial charge in [0, 0.05) is 6.54 Å². The summed E-state index contributed by atoms with van der Waals surface area (Å²) in [6, 6.07) is 15.7. The largest absolute Gasteiger partial charge is 0.495 e. The average molecular weight is 341 g/mol. The minimum Gasteiger partial charge on any atom is -0.495 e. The summed E-state index contributed by atoms with van der Waals surface area (Å²) in [5, 5.41) is 5.78. The van der Waals surface area contributed by atoms with Crippen LogP contribution in [0.5, 0.6) is 5.75 Å². The Kier molecular flexibility index (Phi) is 6.83. The van der Waals surface area contributed by atoms with Gasteiger partial charge in [0.15, 0.2) is 0 Å². The van der Waals surface area contributed by atoms with Gasteiger partial charge < -0.3 is 20.3 Å². The molecule has 0 aromatic heterocycles. The number of hydrogen-bond donors (Lipinski definition) is 2. The molecule has 5 heteroatoms. The number of para-hydroxylation sites is 2. The molecule has 2 amide bonds. The zero-order valence-corrected chi connectivity index (χ0v) is 15.4. The van der Waals surface area contributed by atoms with Crippen LogP contribution in [0.2, 0.25) is 0 Å². The lowest BCUT2D eigenvalue weighted by molar-refractivity contribution is 0.243. The van der Waals surface area contributed by atoms with Gasteiger partial charge in [-0.15, -0.1) is 0 Å². The maximum atomic E-state index is 12.2. The second-order valence-electron chi connectivity index (χ2n) is 6.11. The van der Waals surface area contributed by atoms with Gasteiger partial charge in [0.25, 0.3) is 0 Å². The van der Waals surface area contributed by atoms with Crippen molar-refractivity contribution in [3.05, 3.63) is 59.7 Å². The summed E-state index contributed by atoms with van der Waals surface area (Å²) in [5.74, 6) is 0.636. The van der Waals surface area contributed by atoms with Crippen LogP contribution in [0.4, 0.5) is 10.5 Å². The first-order valence-electron chi connectivity index (χ1n) is 8.48. The van der Waals surface area contributed by atoms with Crippen molar-refractivity contribution in [3.8, 4) is 5.75 Å². The van der Waals surface area contributed by atoms with Gasteiger partial charge in [0.1, 0.15) is 5.75 Å². The SMILES string of the molecule is CCc1ccc(C(CNC(=O)Nc2ccccc2OC)N(C)C)cc1. The maximum Gasteiger partial charge on any atom is 0.319 e. The second kappa shape index (κ2) is 9.08. The van der Waals surface area contributed by atoms with Gasteiger partial charge in [-0.25, -0.2) is 4.79 Å². The first kappa shape index (κ1) is 18.8. The lowest BCUT2D eigenvalue weighted by Gasteiger charge is -2.25. The zero-order valence-electron chi connectivity index (χ0n) is 15.4. The van der Waals surface area contributed by atoms with Crippen LogP contribution < -0.4 is 15.4 Å². The number of methoxy groups -OCH3 is 1. The molecule has 0 saturated carbocycles. The molecule has 0 aliphatic carbocycles. The zero-order chi connectivity index (χ0) is 18.2. The number of nitrogens with one attached hydrogen (secondary N) is 2. The molecule has 25 heavy (non-hydrogen) atoms. The highest BCUT2D eigenvalue weighted by molar-refractivity contribution is 5.90. The van der Waals surface area contributed by atoms with Gasteiger partial charge in [0.05, 0.1) is 18.8 Å². The molecule has 0 radical (unpaired) electrons. The van der Waals surface area contributed by atoms with E-state index < -0.39 is 0 Å². The van der Waals surface area contributed by atoms with Crippen LogP contribution in [0.15, 0.2) is 48.5 Å². The smallest absolute Gasteiger partial charge is 0.319 e. The Morgan fingerprint density at radius 3 is 2.40 bits per heavy atom. The predicted molar refractivity (Wildman–Crippen MR) is 102 cm³/mol. The Balaban J connectivity index is 1.99. The van der Waals surface area contributed by atoms with Gasteiger partial charge in [0.2, 0.25) is 0 Å². The van der Waals surface area contributed by atoms with Crippen LogP contribution in [0.3, 0.4) is 0 Å². The summed E-state index contributed by atoms with van der Waals surface area (Å²) < 4.78 is 5.25. The van der Waals surface area contributed by atoms with Crippen molar-refractivity contribution >= 4 is 11.7 Å². The van der Waals surface area contributed by atoms with Crippen LogP contribution in [-0.4, -0.2) is 38.7 Å². The normalized spacial score (nSPS) is 11.9. The molecular formula is C20H27N3O2. The molecule has 0 fully saturated rings. The van der Waals surface area contributed by atoms with E-state index in [1.54, 1.807) is 7.11 Å². The number of rotatable bonds is 7. The van der Waals surface area contributed by atoms with E-state index in [0.717, 1.165) is 6.42 Å². The van der Waals surface area contributed by atoms with Gasteiger partial charge in [-0.05, 0) is 43.8 Å². The number of ether oxygens (including phenoxy) is 1. The van der Waals surface area contributed by atoms with Gasteiger partial charge in [-0.3, -0.25) is 0 Å². The summed E-state index contributed by atoms with van der Waals surface area (Å²) in [4.78, 5) is 14.3. The lowest BCUT2D eigenvalue weighted by Crippen LogP contribution is -2.37. The first-order chi connectivity index (χ1) is 12.0. The van der Waals surface area contributed by atoms with Crippen molar-refractivity contribution in [1.29, 1.82) is 0 Å². The third kappa shape index (κ3) is 5.22. The van der Waals surface area contributed by atoms with E-state index in [9.17, 15) is 4.79 Å². The number of carbonyl (C=O) groups is 1. The van der Waals surface area contributed by atoms with Crippen molar-refractivity contribution in [2.24, 2.45) is 0 Å². The number of benzene rings is 2. The van der Waals surface area contributed by atoms with Gasteiger partial charge in [-0.1, -0.05) is 43.3 Å². The van der Waals surface area contributed by atoms with Crippen molar-refractivity contribution in [2.45, 2.75) is 19.4 Å². The molecule has 0 spiro atoms. The van der Waals surface area contributed by atoms with Crippen molar-refractivity contribution in [2.75, 3.05) is 33.1 Å². The summed E-state index contributed by atoms with van der Waals surface area (Å²) >= 11 is 0. The molecular weight excluding hydrogens is 314 g/mol. The maximum absolute atomic E-state index is 12.2. The second-order valence-corrected chi connectivity index (χ2v) is 6.11. The molecule has 0 saturated heterocycles. The quantitative estimate of drug-likeness (QED) is 0.808. The Morgan fingerprint density at radius 2 is 1.80 bits per heavy atom. The summed E-state index contributed by atoms with van der Waals surface area (Å²) in [6.45, 7) is 2.65. The Morgan fingerprint density at radius 1 is 1.12 bits per heavy atom. The van der Waals surface area contributed by atoms with E-state index in [2.05, 4.69) is 46.7 Å². The molecule has 134 valence electrons. The van der Waals surface area contributed by atoms with Gasteiger partial charge >= 0.3 is 6.03 Å². The van der Waals surface area contributed by atoms with Gasteiger partial charge in [-0.2, -0.15) is 0 Å². The van der Waals surface area contributed by atoms with Crippen LogP contribution in [0, 0.1) is 0 Å². The van der Waals surface area contributed by atoms with E-state index in [0.29, 0.717) is 18.0 Å². The number of carbonyl (C=O) groups excluding carboxylic acids is 1. The average Bonchev–Trinajstić information content (AvgIpc) is 2.62. The molecule has 5 nitrogen and oxygen atoms in total. The van der Waals surface area contributed by atoms with Crippen LogP contribution in [0.1, 0.15) is 24.1 Å². The fourth-order valence-corrected chi connectivity index (χ4v) is 2.68. The third-order valence-electron chi connectivity index (χ3n) is 4.21. The topological polar surface area (TPSA) is 53.6 Å². The number of amides is 2. The molecule has 2 rings (SSSR count). The minimum atomic E-state index is -0.249. The molecule has 2 N–H and O–H groups in total. The molecule has 1 atom stereocenters. The molecule has 0 heterocycles. The van der Waals surface area contributed by atoms with E-state index in [4.69, 9.17) is 4.74 Å². The highest BCUT2D eigenvalue weighted by atomic mass is 16.5. The van der Waals surface area contributed by atoms with Crippen LogP contribution in [0.25, 0.3) is 0 Å². The Hall–Kier alpha value is -2.53. The Labute approximate surface area is 150 Å². The fourth-order valence-electron chi connectivity index (χ4n) is 2.68. The number of anilines is 1. The number of hydrogen-bond acceptors (Lipinski definition) is 3. The molecule has 2 aromatic carbocycles. The number of urea groups is 1. The van der Waals surface area contributed by atoms with E-state index >= 15 is 0 Å². The van der Waals surface area contributed by atoms with Crippen molar-refractivity contribution in [3.63, 3.8) is 0 Å². The van der Waals surface area contributed by atoms with Crippen molar-refractivity contribution < 1.29 is 9.53 Å². The molecule has 1 unspecified atom stereocenters. The third-order valence-corrected chi connectivity index (χ3v) is 4.21. The summed E-state index contributed by atoms with van der Waals surface area (Å²) in [6.07, 6.45) is 1.02. The fraction of sp³-hybridized carbons (Fsp3) is 0.350. The standard InChI is InChI=1S/C20H27N3O2/c1-5-15-10-12-16(13-11-15)18(23(2)3)14-21-20(24)22-17-8-6-7-9-19(17)25-4/h6-13,18H,5,14H2,1-4H3,(H2,21,22,24). The summed E-state index contributed by atoms with van der Waals surface area (Å²) in [7, 11) is 5.61. The lowest BCUT2D eigenvalue weighted by atomic mass is 10.0. The van der Waals surface area contributed by atoms with E-state index in [1.165, 1.54) is 11.1 Å². The highest BCUT2D eigenvalue weighted by Gasteiger charge is 2.15. The molecule has 0 bridgehead atoms. The van der Waals surface area contributed by atoms with Crippen LogP contribution in [-0.2, 0) is 6.42 Å². The monoisotopic (exact) mass is 341 g/mol. The number of aryl methyl sites for hydroxylation is 1. The van der Waals surface area contributed by atoms with E-state index in [1.807, 2.05) is 38.4 Å². The van der Waals surface area contributed by atoms with Crippen molar-refractivity contribution in [1.82, 2.24) is 10.2 Å². The molecule has 2 aromatic rings. The minimum absolute atomic E-state index is 0.106. The Bertz CT molecular complexity index is 684. The number of likely N-dealkylation sites (N-methyl/N-ethyl adjacent to an activating group) is 1. The summed E-state index contributed by atoms with van der Waals surface area (Å²) in [5.41, 5.74) is 3.14. The van der Waals surface area contributed by atoms with Crippen LogP contribution >= 0.6 is 0 Å². The number of nitrogens with zero attached hydrogens (tertiary/aromatic N) is 1. The highest BCUT2D eigenvalue weighted by Crippen LogP contribution is 2.23. The van der Waals surface area contributed by atoms with E-state index in [-0.39, 0.29) is 12.1 Å². The molecule has 0 aliphatic heterocycles. The molecule has 0 aliphatic rings. The predicted octanol–water partition coefficient (Wildman–Crippen LogP) is 3.68.